The third kappa shape index (κ3) is 4.20. The van der Waals surface area contributed by atoms with Crippen molar-refractivity contribution in [3.8, 4) is 5.75 Å². The minimum Gasteiger partial charge on any atom is -0.483 e. The molecule has 7 nitrogen and oxygen atoms in total. The summed E-state index contributed by atoms with van der Waals surface area (Å²) in [6.07, 6.45) is 3.20. The summed E-state index contributed by atoms with van der Waals surface area (Å²) in [5.74, 6) is 1.10. The van der Waals surface area contributed by atoms with Gasteiger partial charge in [-0.15, -0.1) is 0 Å². The van der Waals surface area contributed by atoms with Crippen LogP contribution < -0.4 is 15.0 Å². The number of hydrogen-bond donors (Lipinski definition) is 1. The molecule has 1 aromatic heterocycles. The first kappa shape index (κ1) is 16.2. The molecule has 1 amide bonds. The molecule has 0 bridgehead atoms. The van der Waals surface area contributed by atoms with Gasteiger partial charge in [0.15, 0.2) is 6.61 Å². The molecule has 2 aromatic rings. The average molecular weight is 328 g/mol. The first-order valence-corrected chi connectivity index (χ1v) is 7.85. The van der Waals surface area contributed by atoms with Gasteiger partial charge in [-0.2, -0.15) is 0 Å². The Kier molecular flexibility index (Phi) is 5.22. The van der Waals surface area contributed by atoms with Crippen LogP contribution in [0.2, 0.25) is 0 Å². The molecule has 7 heteroatoms. The Hall–Kier alpha value is -2.67. The van der Waals surface area contributed by atoms with E-state index in [1.807, 2.05) is 31.2 Å². The number of nitrogens with zero attached hydrogens (tertiary/aromatic N) is 3. The van der Waals surface area contributed by atoms with E-state index in [4.69, 9.17) is 9.47 Å². The Labute approximate surface area is 140 Å². The largest absolute Gasteiger partial charge is 0.483 e. The van der Waals surface area contributed by atoms with Crippen LogP contribution in [-0.2, 0) is 9.53 Å². The molecular formula is C17H20N4O3. The number of aromatic nitrogens is 2. The van der Waals surface area contributed by atoms with Gasteiger partial charge in [-0.3, -0.25) is 4.79 Å². The van der Waals surface area contributed by atoms with Gasteiger partial charge in [-0.25, -0.2) is 9.97 Å². The van der Waals surface area contributed by atoms with Crippen molar-refractivity contribution >= 4 is 17.5 Å². The summed E-state index contributed by atoms with van der Waals surface area (Å²) in [6.45, 7) is 4.78. The summed E-state index contributed by atoms with van der Waals surface area (Å²) in [5, 5.41) is 2.73. The molecule has 1 saturated heterocycles. The lowest BCUT2D eigenvalue weighted by atomic mass is 10.2. The van der Waals surface area contributed by atoms with Gasteiger partial charge in [-0.1, -0.05) is 18.2 Å². The molecule has 3 rings (SSSR count). The Balaban J connectivity index is 1.52. The van der Waals surface area contributed by atoms with Crippen LogP contribution in [0.1, 0.15) is 5.56 Å². The number of carbonyl (C=O) groups is 1. The second kappa shape index (κ2) is 7.74. The van der Waals surface area contributed by atoms with Crippen molar-refractivity contribution in [1.82, 2.24) is 9.97 Å². The molecule has 1 aliphatic rings. The fraction of sp³-hybridized carbons (Fsp3) is 0.353. The highest BCUT2D eigenvalue weighted by atomic mass is 16.5. The Morgan fingerprint density at radius 1 is 1.25 bits per heavy atom. The Morgan fingerprint density at radius 2 is 1.96 bits per heavy atom. The molecule has 1 aromatic carbocycles. The number of anilines is 2. The normalized spacial score (nSPS) is 14.3. The van der Waals surface area contributed by atoms with Gasteiger partial charge in [0.1, 0.15) is 5.75 Å². The number of hydrogen-bond acceptors (Lipinski definition) is 6. The van der Waals surface area contributed by atoms with Crippen LogP contribution >= 0.6 is 0 Å². The molecule has 24 heavy (non-hydrogen) atoms. The van der Waals surface area contributed by atoms with Gasteiger partial charge in [-0.05, 0) is 18.6 Å². The molecule has 1 N–H and O–H groups in total. The van der Waals surface area contributed by atoms with Crippen molar-refractivity contribution in [2.24, 2.45) is 0 Å². The van der Waals surface area contributed by atoms with Crippen LogP contribution in [0.25, 0.3) is 0 Å². The maximum absolute atomic E-state index is 12.0. The third-order valence-corrected chi connectivity index (χ3v) is 3.67. The molecule has 1 fully saturated rings. The minimum absolute atomic E-state index is 0.0595. The van der Waals surface area contributed by atoms with E-state index in [-0.39, 0.29) is 12.5 Å². The third-order valence-electron chi connectivity index (χ3n) is 3.67. The summed E-state index contributed by atoms with van der Waals surface area (Å²) in [4.78, 5) is 22.6. The standard InChI is InChI=1S/C17H20N4O3/c1-13-4-2-3-5-15(13)24-12-16(22)20-14-10-18-17(19-11-14)21-6-8-23-9-7-21/h2-5,10-11H,6-9,12H2,1H3,(H,20,22). The van der Waals surface area contributed by atoms with Crippen molar-refractivity contribution in [3.63, 3.8) is 0 Å². The smallest absolute Gasteiger partial charge is 0.262 e. The van der Waals surface area contributed by atoms with E-state index >= 15 is 0 Å². The van der Waals surface area contributed by atoms with E-state index in [1.54, 1.807) is 12.4 Å². The molecule has 1 aliphatic heterocycles. The second-order valence-electron chi connectivity index (χ2n) is 5.47. The van der Waals surface area contributed by atoms with Crippen molar-refractivity contribution in [1.29, 1.82) is 0 Å². The molecule has 126 valence electrons. The molecule has 0 radical (unpaired) electrons. The number of benzene rings is 1. The predicted octanol–water partition coefficient (Wildman–Crippen LogP) is 1.64. The van der Waals surface area contributed by atoms with Crippen LogP contribution in [0.3, 0.4) is 0 Å². The minimum atomic E-state index is -0.249. The zero-order valence-electron chi connectivity index (χ0n) is 13.6. The number of rotatable bonds is 5. The Bertz CT molecular complexity index is 684. The quantitative estimate of drug-likeness (QED) is 0.899. The fourth-order valence-electron chi connectivity index (χ4n) is 2.37. The Morgan fingerprint density at radius 3 is 2.67 bits per heavy atom. The highest BCUT2D eigenvalue weighted by Gasteiger charge is 2.13. The fourth-order valence-corrected chi connectivity index (χ4v) is 2.37. The number of aryl methyl sites for hydroxylation is 1. The summed E-state index contributed by atoms with van der Waals surface area (Å²) >= 11 is 0. The zero-order valence-corrected chi connectivity index (χ0v) is 13.6. The molecule has 0 atom stereocenters. The van der Waals surface area contributed by atoms with Gasteiger partial charge >= 0.3 is 0 Å². The molecule has 0 unspecified atom stereocenters. The number of ether oxygens (including phenoxy) is 2. The monoisotopic (exact) mass is 328 g/mol. The van der Waals surface area contributed by atoms with Crippen LogP contribution in [0, 0.1) is 6.92 Å². The first-order chi connectivity index (χ1) is 11.7. The van der Waals surface area contributed by atoms with Gasteiger partial charge in [0.05, 0.1) is 31.3 Å². The average Bonchev–Trinajstić information content (AvgIpc) is 2.62. The highest BCUT2D eigenvalue weighted by molar-refractivity contribution is 5.91. The van der Waals surface area contributed by atoms with Gasteiger partial charge in [0, 0.05) is 13.1 Å². The summed E-state index contributed by atoms with van der Waals surface area (Å²) in [5.41, 5.74) is 1.54. The summed E-state index contributed by atoms with van der Waals surface area (Å²) < 4.78 is 10.8. The van der Waals surface area contributed by atoms with Crippen LogP contribution in [-0.4, -0.2) is 48.8 Å². The van der Waals surface area contributed by atoms with Crippen molar-refractivity contribution in [2.45, 2.75) is 6.92 Å². The highest BCUT2D eigenvalue weighted by Crippen LogP contribution is 2.16. The van der Waals surface area contributed by atoms with Crippen molar-refractivity contribution < 1.29 is 14.3 Å². The summed E-state index contributed by atoms with van der Waals surface area (Å²) in [7, 11) is 0. The lowest BCUT2D eigenvalue weighted by Gasteiger charge is -2.26. The molecule has 0 spiro atoms. The second-order valence-corrected chi connectivity index (χ2v) is 5.47. The van der Waals surface area contributed by atoms with E-state index in [0.717, 1.165) is 18.7 Å². The zero-order chi connectivity index (χ0) is 16.8. The first-order valence-electron chi connectivity index (χ1n) is 7.85. The van der Waals surface area contributed by atoms with E-state index in [9.17, 15) is 4.79 Å². The SMILES string of the molecule is Cc1ccccc1OCC(=O)Nc1cnc(N2CCOCC2)nc1. The van der Waals surface area contributed by atoms with Crippen LogP contribution in [0.5, 0.6) is 5.75 Å². The molecule has 0 saturated carbocycles. The van der Waals surface area contributed by atoms with E-state index in [2.05, 4.69) is 20.2 Å². The van der Waals surface area contributed by atoms with E-state index in [0.29, 0.717) is 30.6 Å². The number of amides is 1. The maximum atomic E-state index is 12.0. The van der Waals surface area contributed by atoms with Crippen molar-refractivity contribution in [3.05, 3.63) is 42.2 Å². The number of para-hydroxylation sites is 1. The topological polar surface area (TPSA) is 76.6 Å². The van der Waals surface area contributed by atoms with Gasteiger partial charge < -0.3 is 19.7 Å². The van der Waals surface area contributed by atoms with E-state index in [1.165, 1.54) is 0 Å². The lowest BCUT2D eigenvalue weighted by Crippen LogP contribution is -2.37. The maximum Gasteiger partial charge on any atom is 0.262 e. The van der Waals surface area contributed by atoms with E-state index < -0.39 is 0 Å². The molecular weight excluding hydrogens is 308 g/mol. The number of carbonyl (C=O) groups excluding carboxylic acids is 1. The molecule has 2 heterocycles. The lowest BCUT2D eigenvalue weighted by molar-refractivity contribution is -0.118. The van der Waals surface area contributed by atoms with Gasteiger partial charge in [0.2, 0.25) is 5.95 Å². The van der Waals surface area contributed by atoms with Crippen LogP contribution in [0.4, 0.5) is 11.6 Å². The summed E-state index contributed by atoms with van der Waals surface area (Å²) in [6, 6.07) is 7.57. The van der Waals surface area contributed by atoms with Gasteiger partial charge in [0.25, 0.3) is 5.91 Å². The van der Waals surface area contributed by atoms with Crippen LogP contribution in [0.15, 0.2) is 36.7 Å². The predicted molar refractivity (Wildman–Crippen MR) is 90.4 cm³/mol. The number of morpholine rings is 1. The number of nitrogens with one attached hydrogen (secondary N) is 1. The van der Waals surface area contributed by atoms with Crippen molar-refractivity contribution in [2.75, 3.05) is 43.1 Å². The molecule has 0 aliphatic carbocycles.